The molecule has 0 radical (unpaired) electrons. The summed E-state index contributed by atoms with van der Waals surface area (Å²) in [4.78, 5) is 2.43. The van der Waals surface area contributed by atoms with E-state index >= 15 is 0 Å². The van der Waals surface area contributed by atoms with Gasteiger partial charge in [0, 0.05) is 37.2 Å². The molecular formula is C14H24BrN3O. The maximum atomic E-state index is 5.85. The molecule has 3 unspecified atom stereocenters. The first-order valence-corrected chi connectivity index (χ1v) is 8.22. The molecule has 108 valence electrons. The van der Waals surface area contributed by atoms with Crippen LogP contribution in [0.1, 0.15) is 38.9 Å². The second kappa shape index (κ2) is 6.86. The molecule has 2 heterocycles. The Kier molecular flexibility index (Phi) is 5.42. The Labute approximate surface area is 124 Å². The van der Waals surface area contributed by atoms with Crippen LogP contribution < -0.4 is 0 Å². The minimum Gasteiger partial charge on any atom is -0.372 e. The first-order chi connectivity index (χ1) is 9.12. The number of rotatable bonds is 5. The van der Waals surface area contributed by atoms with Crippen molar-refractivity contribution in [2.75, 3.05) is 18.4 Å². The molecule has 5 heteroatoms. The zero-order valence-electron chi connectivity index (χ0n) is 12.1. The van der Waals surface area contributed by atoms with Gasteiger partial charge in [-0.3, -0.25) is 9.58 Å². The monoisotopic (exact) mass is 329 g/mol. The van der Waals surface area contributed by atoms with Crippen molar-refractivity contribution in [2.45, 2.75) is 52.0 Å². The minimum atomic E-state index is 0.292. The zero-order chi connectivity index (χ0) is 13.8. The summed E-state index contributed by atoms with van der Waals surface area (Å²) in [6.07, 6.45) is 3.80. The van der Waals surface area contributed by atoms with Crippen LogP contribution in [-0.4, -0.2) is 45.3 Å². The quantitative estimate of drug-likeness (QED) is 0.778. The molecule has 0 aliphatic carbocycles. The fraction of sp³-hybridized carbons (Fsp3) is 0.786. The van der Waals surface area contributed by atoms with Crippen molar-refractivity contribution >= 4 is 15.9 Å². The number of ether oxygens (including phenoxy) is 1. The van der Waals surface area contributed by atoms with E-state index in [2.05, 4.69) is 63.6 Å². The molecule has 1 aliphatic heterocycles. The molecule has 1 aromatic heterocycles. The van der Waals surface area contributed by atoms with E-state index in [1.54, 1.807) is 0 Å². The lowest BCUT2D eigenvalue weighted by Gasteiger charge is -2.35. The number of nitrogens with zero attached hydrogens (tertiary/aromatic N) is 3. The van der Waals surface area contributed by atoms with Gasteiger partial charge in [-0.2, -0.15) is 5.10 Å². The van der Waals surface area contributed by atoms with Gasteiger partial charge in [-0.05, 0) is 26.3 Å². The van der Waals surface area contributed by atoms with Crippen LogP contribution in [0.15, 0.2) is 12.3 Å². The highest BCUT2D eigenvalue weighted by Crippen LogP contribution is 2.16. The molecule has 0 bridgehead atoms. The fourth-order valence-corrected chi connectivity index (χ4v) is 2.84. The Hall–Kier alpha value is -0.390. The third-order valence-corrected chi connectivity index (χ3v) is 4.39. The van der Waals surface area contributed by atoms with Crippen molar-refractivity contribution in [1.82, 2.24) is 14.7 Å². The SMILES string of the molecule is CCC(C)n1ccc(CN2CC(C)OC(CBr)C2)n1. The highest BCUT2D eigenvalue weighted by atomic mass is 79.9. The van der Waals surface area contributed by atoms with E-state index in [0.29, 0.717) is 18.2 Å². The largest absolute Gasteiger partial charge is 0.372 e. The first-order valence-electron chi connectivity index (χ1n) is 7.10. The van der Waals surface area contributed by atoms with Gasteiger partial charge in [0.1, 0.15) is 0 Å². The summed E-state index contributed by atoms with van der Waals surface area (Å²) in [6.45, 7) is 9.41. The third-order valence-electron chi connectivity index (χ3n) is 3.67. The summed E-state index contributed by atoms with van der Waals surface area (Å²) in [7, 11) is 0. The van der Waals surface area contributed by atoms with Crippen molar-refractivity contribution < 1.29 is 4.74 Å². The lowest BCUT2D eigenvalue weighted by Crippen LogP contribution is -2.46. The average Bonchev–Trinajstić information content (AvgIpc) is 2.85. The van der Waals surface area contributed by atoms with Crippen molar-refractivity contribution in [3.8, 4) is 0 Å². The molecule has 0 saturated carbocycles. The number of halogens is 1. The molecule has 4 nitrogen and oxygen atoms in total. The summed E-state index contributed by atoms with van der Waals surface area (Å²) < 4.78 is 7.92. The molecule has 1 aromatic rings. The Morgan fingerprint density at radius 2 is 2.32 bits per heavy atom. The zero-order valence-corrected chi connectivity index (χ0v) is 13.6. The fourth-order valence-electron chi connectivity index (χ4n) is 2.48. The summed E-state index contributed by atoms with van der Waals surface area (Å²) in [5, 5.41) is 5.57. The molecule has 2 rings (SSSR count). The Balaban J connectivity index is 1.94. The predicted octanol–water partition coefficient (Wildman–Crippen LogP) is 2.84. The average molecular weight is 330 g/mol. The van der Waals surface area contributed by atoms with Gasteiger partial charge in [-0.1, -0.05) is 22.9 Å². The smallest absolute Gasteiger partial charge is 0.0802 e. The Morgan fingerprint density at radius 3 is 3.00 bits per heavy atom. The van der Waals surface area contributed by atoms with Gasteiger partial charge in [-0.15, -0.1) is 0 Å². The number of hydrogen-bond acceptors (Lipinski definition) is 3. The van der Waals surface area contributed by atoms with Gasteiger partial charge in [0.25, 0.3) is 0 Å². The normalized spacial score (nSPS) is 26.5. The topological polar surface area (TPSA) is 30.3 Å². The molecule has 1 aliphatic rings. The standard InChI is InChI=1S/C14H24BrN3O/c1-4-11(2)18-6-5-13(16-18)9-17-8-12(3)19-14(7-15)10-17/h5-6,11-12,14H,4,7-10H2,1-3H3. The van der Waals surface area contributed by atoms with Gasteiger partial charge in [-0.25, -0.2) is 0 Å². The number of morpholine rings is 1. The number of alkyl halides is 1. The van der Waals surface area contributed by atoms with E-state index in [1.165, 1.54) is 0 Å². The second-order valence-electron chi connectivity index (χ2n) is 5.46. The molecule has 0 spiro atoms. The maximum absolute atomic E-state index is 5.85. The van der Waals surface area contributed by atoms with Crippen LogP contribution in [0.5, 0.6) is 0 Å². The lowest BCUT2D eigenvalue weighted by molar-refractivity contribution is -0.0681. The van der Waals surface area contributed by atoms with E-state index in [1.807, 2.05) is 0 Å². The van der Waals surface area contributed by atoms with Crippen LogP contribution >= 0.6 is 15.9 Å². The van der Waals surface area contributed by atoms with Crippen molar-refractivity contribution in [1.29, 1.82) is 0 Å². The van der Waals surface area contributed by atoms with E-state index in [0.717, 1.165) is 37.1 Å². The summed E-state index contributed by atoms with van der Waals surface area (Å²) in [6, 6.07) is 2.61. The van der Waals surface area contributed by atoms with Crippen LogP contribution in [0, 0.1) is 0 Å². The van der Waals surface area contributed by atoms with Gasteiger partial charge in [0.05, 0.1) is 17.9 Å². The first kappa shape index (κ1) is 15.0. The summed E-state index contributed by atoms with van der Waals surface area (Å²) >= 11 is 3.51. The van der Waals surface area contributed by atoms with Crippen LogP contribution in [0.3, 0.4) is 0 Å². The molecule has 0 aromatic carbocycles. The second-order valence-corrected chi connectivity index (χ2v) is 6.11. The van der Waals surface area contributed by atoms with Crippen LogP contribution in [0.4, 0.5) is 0 Å². The molecular weight excluding hydrogens is 306 g/mol. The Morgan fingerprint density at radius 1 is 1.53 bits per heavy atom. The minimum absolute atomic E-state index is 0.292. The molecule has 3 atom stereocenters. The highest BCUT2D eigenvalue weighted by Gasteiger charge is 2.24. The molecule has 1 fully saturated rings. The van der Waals surface area contributed by atoms with Crippen molar-refractivity contribution in [2.24, 2.45) is 0 Å². The van der Waals surface area contributed by atoms with Crippen LogP contribution in [0.2, 0.25) is 0 Å². The van der Waals surface area contributed by atoms with E-state index in [-0.39, 0.29) is 0 Å². The predicted molar refractivity (Wildman–Crippen MR) is 80.6 cm³/mol. The van der Waals surface area contributed by atoms with Crippen molar-refractivity contribution in [3.63, 3.8) is 0 Å². The van der Waals surface area contributed by atoms with Crippen LogP contribution in [0.25, 0.3) is 0 Å². The summed E-state index contributed by atoms with van der Waals surface area (Å²) in [5.74, 6) is 0. The van der Waals surface area contributed by atoms with Gasteiger partial charge in [0.2, 0.25) is 0 Å². The number of hydrogen-bond donors (Lipinski definition) is 0. The van der Waals surface area contributed by atoms with Gasteiger partial charge in [0.15, 0.2) is 0 Å². The highest BCUT2D eigenvalue weighted by molar-refractivity contribution is 9.09. The number of aromatic nitrogens is 2. The molecule has 19 heavy (non-hydrogen) atoms. The summed E-state index contributed by atoms with van der Waals surface area (Å²) in [5.41, 5.74) is 1.16. The van der Waals surface area contributed by atoms with E-state index < -0.39 is 0 Å². The van der Waals surface area contributed by atoms with Crippen molar-refractivity contribution in [3.05, 3.63) is 18.0 Å². The van der Waals surface area contributed by atoms with Crippen LogP contribution in [-0.2, 0) is 11.3 Å². The van der Waals surface area contributed by atoms with Gasteiger partial charge >= 0.3 is 0 Å². The molecule has 1 saturated heterocycles. The Bertz CT molecular complexity index is 396. The maximum Gasteiger partial charge on any atom is 0.0802 e. The van der Waals surface area contributed by atoms with Gasteiger partial charge < -0.3 is 4.74 Å². The third kappa shape index (κ3) is 4.04. The lowest BCUT2D eigenvalue weighted by atomic mass is 10.2. The van der Waals surface area contributed by atoms with E-state index in [9.17, 15) is 0 Å². The molecule has 0 amide bonds. The molecule has 0 N–H and O–H groups in total. The van der Waals surface area contributed by atoms with E-state index in [4.69, 9.17) is 4.74 Å².